The lowest BCUT2D eigenvalue weighted by molar-refractivity contribution is -0.122. The molecule has 2 aromatic carbocycles. The maximum atomic E-state index is 15.6. The summed E-state index contributed by atoms with van der Waals surface area (Å²) in [6.45, 7) is 8.02. The van der Waals surface area contributed by atoms with E-state index in [1.165, 1.54) is 12.1 Å². The van der Waals surface area contributed by atoms with Crippen molar-refractivity contribution >= 4 is 34.8 Å². The fourth-order valence-electron chi connectivity index (χ4n) is 6.71. The van der Waals surface area contributed by atoms with E-state index in [-0.39, 0.29) is 22.9 Å². The summed E-state index contributed by atoms with van der Waals surface area (Å²) in [5, 5.41) is 32.3. The molecule has 2 aromatic rings. The second-order valence-electron chi connectivity index (χ2n) is 12.4. The molecule has 1 amide bonds. The van der Waals surface area contributed by atoms with E-state index in [4.69, 9.17) is 23.2 Å². The molecule has 1 spiro atoms. The van der Waals surface area contributed by atoms with Gasteiger partial charge in [-0.15, -0.1) is 0 Å². The number of rotatable bonds is 5. The zero-order valence-electron chi connectivity index (χ0n) is 21.4. The van der Waals surface area contributed by atoms with Gasteiger partial charge in [0.2, 0.25) is 5.91 Å². The first kappa shape index (κ1) is 26.9. The van der Waals surface area contributed by atoms with Crippen molar-refractivity contribution in [2.75, 3.05) is 5.32 Å². The van der Waals surface area contributed by atoms with Gasteiger partial charge in [-0.05, 0) is 73.1 Å². The van der Waals surface area contributed by atoms with Gasteiger partial charge in [0, 0.05) is 33.7 Å². The number of halogens is 3. The quantitative estimate of drug-likeness (QED) is 0.348. The summed E-state index contributed by atoms with van der Waals surface area (Å²) in [7, 11) is 0. The van der Waals surface area contributed by atoms with Crippen LogP contribution in [0.1, 0.15) is 64.0 Å². The number of nitrogens with one attached hydrogen (secondary N) is 3. The number of carbonyl (C=O) groups excluding carboxylic acids is 1. The maximum absolute atomic E-state index is 15.6. The zero-order valence-corrected chi connectivity index (χ0v) is 22.9. The minimum atomic E-state index is -1.23. The molecule has 5 N–H and O–H groups in total. The van der Waals surface area contributed by atoms with Crippen molar-refractivity contribution in [3.05, 3.63) is 63.4 Å². The molecule has 0 aromatic heterocycles. The van der Waals surface area contributed by atoms with Crippen LogP contribution in [-0.2, 0) is 10.2 Å². The van der Waals surface area contributed by atoms with E-state index in [1.807, 2.05) is 6.07 Å². The largest absolute Gasteiger partial charge is 0.390 e. The predicted octanol–water partition coefficient (Wildman–Crippen LogP) is 4.70. The Balaban J connectivity index is 1.68. The van der Waals surface area contributed by atoms with E-state index in [0.717, 1.165) is 0 Å². The third kappa shape index (κ3) is 4.68. The molecule has 1 aliphatic carbocycles. The Bertz CT molecular complexity index is 1230. The normalized spacial score (nSPS) is 33.8. The first-order valence-corrected chi connectivity index (χ1v) is 13.5. The van der Waals surface area contributed by atoms with Crippen molar-refractivity contribution in [1.82, 2.24) is 10.6 Å². The molecule has 5 rings (SSSR count). The molecule has 5 atom stereocenters. The van der Waals surface area contributed by atoms with Gasteiger partial charge in [0.1, 0.15) is 17.5 Å². The van der Waals surface area contributed by atoms with Gasteiger partial charge in [-0.2, -0.15) is 0 Å². The van der Waals surface area contributed by atoms with Crippen LogP contribution in [0.4, 0.5) is 10.1 Å². The summed E-state index contributed by atoms with van der Waals surface area (Å²) in [6, 6.07) is 8.36. The number of hydrogen-bond acceptors (Lipinski definition) is 5. The molecule has 2 fully saturated rings. The highest BCUT2D eigenvalue weighted by Crippen LogP contribution is 2.57. The van der Waals surface area contributed by atoms with Crippen LogP contribution >= 0.6 is 23.2 Å². The topological polar surface area (TPSA) is 93.6 Å². The van der Waals surface area contributed by atoms with Crippen LogP contribution in [0.15, 0.2) is 36.4 Å². The van der Waals surface area contributed by atoms with Gasteiger partial charge in [-0.1, -0.05) is 50.0 Å². The summed E-state index contributed by atoms with van der Waals surface area (Å²) in [4.78, 5) is 14.1. The number of amides is 1. The van der Waals surface area contributed by atoms with Crippen LogP contribution in [0, 0.1) is 11.2 Å². The van der Waals surface area contributed by atoms with Crippen molar-refractivity contribution in [3.63, 3.8) is 0 Å². The van der Waals surface area contributed by atoms with Gasteiger partial charge in [0.25, 0.3) is 0 Å². The first-order valence-electron chi connectivity index (χ1n) is 12.7. The second kappa shape index (κ2) is 9.18. The average molecular weight is 551 g/mol. The van der Waals surface area contributed by atoms with Gasteiger partial charge < -0.3 is 20.8 Å². The number of anilines is 1. The maximum Gasteiger partial charge on any atom is 0.237 e. The molecule has 5 unspecified atom stereocenters. The van der Waals surface area contributed by atoms with E-state index in [0.29, 0.717) is 40.6 Å². The highest BCUT2D eigenvalue weighted by Gasteiger charge is 2.66. The standard InChI is InChI=1S/C28H34Cl2FN3O3/c1-26(2,3)13-21-28(18-7-5-15(30)10-20(18)33-25(28)36)22(17-9-14(29)6-8-19(17)31)23(34-21)24(35)32-16-11-27(4,37)12-16/h5-10,16,21-24,32,34-35,37H,11-13H2,1-4H3,(H,33,36). The molecule has 200 valence electrons. The number of aliphatic hydroxyl groups excluding tert-OH is 1. The fraction of sp³-hybridized carbons (Fsp3) is 0.536. The van der Waals surface area contributed by atoms with Gasteiger partial charge in [-0.25, -0.2) is 4.39 Å². The Morgan fingerprint density at radius 2 is 1.81 bits per heavy atom. The van der Waals surface area contributed by atoms with Crippen molar-refractivity contribution in [2.45, 2.75) is 88.2 Å². The minimum absolute atomic E-state index is 0.0993. The predicted molar refractivity (Wildman–Crippen MR) is 143 cm³/mol. The number of aliphatic hydroxyl groups is 2. The zero-order chi connectivity index (χ0) is 26.9. The molecule has 2 aliphatic heterocycles. The molecule has 2 heterocycles. The molecule has 1 saturated carbocycles. The Hall–Kier alpha value is -1.74. The summed E-state index contributed by atoms with van der Waals surface area (Å²) in [6.07, 6.45) is 0.453. The van der Waals surface area contributed by atoms with Crippen molar-refractivity contribution in [2.24, 2.45) is 5.41 Å². The van der Waals surface area contributed by atoms with Gasteiger partial charge in [-0.3, -0.25) is 10.1 Å². The number of benzene rings is 2. The molecular weight excluding hydrogens is 516 g/mol. The van der Waals surface area contributed by atoms with Crippen LogP contribution in [0.3, 0.4) is 0 Å². The number of carbonyl (C=O) groups is 1. The lowest BCUT2D eigenvalue weighted by Crippen LogP contribution is -2.59. The first-order chi connectivity index (χ1) is 17.2. The Morgan fingerprint density at radius 3 is 2.46 bits per heavy atom. The molecule has 6 nitrogen and oxygen atoms in total. The Kier molecular flexibility index (Phi) is 6.66. The second-order valence-corrected chi connectivity index (χ2v) is 13.3. The molecule has 0 radical (unpaired) electrons. The van der Waals surface area contributed by atoms with Crippen molar-refractivity contribution in [1.29, 1.82) is 0 Å². The average Bonchev–Trinajstić information content (AvgIpc) is 3.22. The van der Waals surface area contributed by atoms with Crippen molar-refractivity contribution < 1.29 is 19.4 Å². The van der Waals surface area contributed by atoms with Crippen LogP contribution in [0.2, 0.25) is 10.0 Å². The molecular formula is C28H34Cl2FN3O3. The van der Waals surface area contributed by atoms with E-state index in [1.54, 1.807) is 25.1 Å². The van der Waals surface area contributed by atoms with Crippen LogP contribution in [0.5, 0.6) is 0 Å². The van der Waals surface area contributed by atoms with E-state index in [2.05, 4.69) is 36.7 Å². The Morgan fingerprint density at radius 1 is 1.16 bits per heavy atom. The fourth-order valence-corrected chi connectivity index (χ4v) is 7.06. The smallest absolute Gasteiger partial charge is 0.237 e. The van der Waals surface area contributed by atoms with Crippen LogP contribution < -0.4 is 16.0 Å². The molecule has 9 heteroatoms. The highest BCUT2D eigenvalue weighted by atomic mass is 35.5. The molecule has 37 heavy (non-hydrogen) atoms. The van der Waals surface area contributed by atoms with Gasteiger partial charge in [0.15, 0.2) is 0 Å². The Labute approximate surface area is 226 Å². The monoisotopic (exact) mass is 549 g/mol. The molecule has 0 bridgehead atoms. The van der Waals surface area contributed by atoms with E-state index in [9.17, 15) is 15.0 Å². The summed E-state index contributed by atoms with van der Waals surface area (Å²) < 4.78 is 15.6. The summed E-state index contributed by atoms with van der Waals surface area (Å²) >= 11 is 12.6. The van der Waals surface area contributed by atoms with Crippen LogP contribution in [-0.4, -0.2) is 46.1 Å². The number of hydrogen-bond donors (Lipinski definition) is 5. The highest BCUT2D eigenvalue weighted by molar-refractivity contribution is 6.31. The van der Waals surface area contributed by atoms with E-state index >= 15 is 4.39 Å². The SMILES string of the molecule is CC(C)(C)CC1NC(C(O)NC2CC(C)(O)C2)C(c2cc(Cl)ccc2F)C12C(=O)Nc1cc(Cl)ccc12. The summed E-state index contributed by atoms with van der Waals surface area (Å²) in [5.74, 6) is -1.55. The summed E-state index contributed by atoms with van der Waals surface area (Å²) in [5.41, 5.74) is -0.619. The third-order valence-electron chi connectivity index (χ3n) is 8.07. The van der Waals surface area contributed by atoms with Gasteiger partial charge in [0.05, 0.1) is 11.6 Å². The molecule has 3 aliphatic rings. The molecule has 1 saturated heterocycles. The number of fused-ring (bicyclic) bond motifs is 2. The van der Waals surface area contributed by atoms with Crippen molar-refractivity contribution in [3.8, 4) is 0 Å². The van der Waals surface area contributed by atoms with Crippen LogP contribution in [0.25, 0.3) is 0 Å². The van der Waals surface area contributed by atoms with E-state index < -0.39 is 41.1 Å². The van der Waals surface area contributed by atoms with Gasteiger partial charge >= 0.3 is 0 Å². The lowest BCUT2D eigenvalue weighted by atomic mass is 9.62. The third-order valence-corrected chi connectivity index (χ3v) is 8.54. The lowest BCUT2D eigenvalue weighted by Gasteiger charge is -2.43. The minimum Gasteiger partial charge on any atom is -0.390 e.